The van der Waals surface area contributed by atoms with Crippen LogP contribution in [0, 0.1) is 0 Å². The lowest BCUT2D eigenvalue weighted by Gasteiger charge is -2.39. The summed E-state index contributed by atoms with van der Waals surface area (Å²) >= 11 is 0. The number of ether oxygens (including phenoxy) is 5. The van der Waals surface area contributed by atoms with Gasteiger partial charge in [0.2, 0.25) is 5.75 Å². The van der Waals surface area contributed by atoms with Gasteiger partial charge in [-0.05, 0) is 130 Å². The normalized spacial score (nSPS) is 20.4. The second kappa shape index (κ2) is 15.2. The number of piperidine rings is 1. The van der Waals surface area contributed by atoms with Crippen molar-refractivity contribution >= 4 is 0 Å². The first kappa shape index (κ1) is 35.7. The van der Waals surface area contributed by atoms with Crippen molar-refractivity contribution in [1.29, 1.82) is 0 Å². The van der Waals surface area contributed by atoms with Gasteiger partial charge in [0.1, 0.15) is 11.5 Å². The van der Waals surface area contributed by atoms with Crippen molar-refractivity contribution in [3.63, 3.8) is 0 Å². The summed E-state index contributed by atoms with van der Waals surface area (Å²) in [6, 6.07) is 19.1. The number of fused-ring (bicyclic) bond motifs is 2. The third-order valence-electron chi connectivity index (χ3n) is 12.0. The average Bonchev–Trinajstić information content (AvgIpc) is 3.18. The predicted molar refractivity (Wildman–Crippen MR) is 206 cm³/mol. The Balaban J connectivity index is 1.37. The molecule has 2 atom stereocenters. The fraction of sp³-hybridized carbons (Fsp3) is 0.455. The molecule has 5 aliphatic heterocycles. The van der Waals surface area contributed by atoms with E-state index >= 15 is 0 Å². The summed E-state index contributed by atoms with van der Waals surface area (Å²) in [5, 5.41) is 10.8. The summed E-state index contributed by atoms with van der Waals surface area (Å²) in [6.45, 7) is 4.64. The second-order valence-corrected chi connectivity index (χ2v) is 15.2. The quantitative estimate of drug-likeness (QED) is 0.217. The van der Waals surface area contributed by atoms with Gasteiger partial charge in [-0.1, -0.05) is 24.6 Å². The highest BCUT2D eigenvalue weighted by atomic mass is 16.5. The lowest BCUT2D eigenvalue weighted by Crippen LogP contribution is -2.36. The first-order valence-electron chi connectivity index (χ1n) is 19.2. The zero-order valence-electron chi connectivity index (χ0n) is 31.9. The minimum atomic E-state index is -0.128. The molecule has 5 aliphatic rings. The number of aliphatic hydroxyl groups is 1. The summed E-state index contributed by atoms with van der Waals surface area (Å²) in [6.07, 6.45) is 6.99. The van der Waals surface area contributed by atoms with E-state index in [1.807, 2.05) is 6.07 Å². The van der Waals surface area contributed by atoms with Crippen LogP contribution in [0.4, 0.5) is 0 Å². The maximum Gasteiger partial charge on any atom is 0.204 e. The zero-order valence-corrected chi connectivity index (χ0v) is 31.9. The number of benzene rings is 4. The van der Waals surface area contributed by atoms with E-state index in [1.54, 1.807) is 21.3 Å². The van der Waals surface area contributed by atoms with Gasteiger partial charge in [-0.3, -0.25) is 14.7 Å². The predicted octanol–water partition coefficient (Wildman–Crippen LogP) is 7.63. The molecule has 0 amide bonds. The third kappa shape index (κ3) is 6.84. The van der Waals surface area contributed by atoms with Gasteiger partial charge >= 0.3 is 0 Å². The van der Waals surface area contributed by atoms with Crippen molar-refractivity contribution in [2.24, 2.45) is 0 Å². The topological polar surface area (TPSA) is 76.1 Å². The Morgan fingerprint density at radius 1 is 0.717 bits per heavy atom. The summed E-state index contributed by atoms with van der Waals surface area (Å²) < 4.78 is 32.2. The van der Waals surface area contributed by atoms with Gasteiger partial charge in [0.15, 0.2) is 23.0 Å². The Hall–Kier alpha value is -4.28. The monoisotopic (exact) mass is 719 g/mol. The Kier molecular flexibility index (Phi) is 10.3. The molecular formula is C44H53N3O6. The maximum absolute atomic E-state index is 10.8. The largest absolute Gasteiger partial charge is 0.493 e. The average molecular weight is 720 g/mol. The summed E-state index contributed by atoms with van der Waals surface area (Å²) in [5.74, 6) is 4.80. The van der Waals surface area contributed by atoms with Crippen molar-refractivity contribution in [2.45, 2.75) is 70.2 Å². The van der Waals surface area contributed by atoms with Gasteiger partial charge < -0.3 is 28.8 Å². The van der Waals surface area contributed by atoms with Crippen molar-refractivity contribution in [1.82, 2.24) is 14.7 Å². The van der Waals surface area contributed by atoms with Crippen LogP contribution in [-0.2, 0) is 38.8 Å². The minimum absolute atomic E-state index is 0.0397. The van der Waals surface area contributed by atoms with Crippen LogP contribution in [-0.4, -0.2) is 81.4 Å². The number of likely N-dealkylation sites (tertiary alicyclic amines) is 1. The summed E-state index contributed by atoms with van der Waals surface area (Å²) in [5.41, 5.74) is 9.17. The highest BCUT2D eigenvalue weighted by molar-refractivity contribution is 5.67. The number of hydrogen-bond donors (Lipinski definition) is 1. The zero-order chi connectivity index (χ0) is 36.6. The molecule has 4 aromatic rings. The molecule has 9 rings (SSSR count). The molecule has 0 unspecified atom stereocenters. The molecule has 1 fully saturated rings. The molecule has 280 valence electrons. The fourth-order valence-corrected chi connectivity index (χ4v) is 9.07. The van der Waals surface area contributed by atoms with Crippen LogP contribution in [0.2, 0.25) is 0 Å². The lowest BCUT2D eigenvalue weighted by molar-refractivity contribution is 0.205. The van der Waals surface area contributed by atoms with E-state index in [1.165, 1.54) is 47.1 Å². The van der Waals surface area contributed by atoms with Crippen LogP contribution >= 0.6 is 0 Å². The van der Waals surface area contributed by atoms with Crippen LogP contribution in [0.25, 0.3) is 0 Å². The minimum Gasteiger partial charge on any atom is -0.493 e. The van der Waals surface area contributed by atoms with E-state index in [2.05, 4.69) is 77.3 Å². The van der Waals surface area contributed by atoms with Gasteiger partial charge in [0, 0.05) is 48.4 Å². The van der Waals surface area contributed by atoms with Crippen LogP contribution in [0.3, 0.4) is 0 Å². The Bertz CT molecular complexity index is 1960. The van der Waals surface area contributed by atoms with E-state index in [0.717, 1.165) is 80.2 Å². The molecule has 0 radical (unpaired) electrons. The molecule has 1 saturated heterocycles. The SMILES string of the molecule is COc1ccc2cc1Oc1ccc(cc1)C[C@H]1c3cc(c(CO)cc3CCN1C)Oc1c(OC)c(OC)c(CN3CCCCC3)c3c1[C@H](C2)N(C)CC3. The van der Waals surface area contributed by atoms with Gasteiger partial charge in [-0.15, -0.1) is 0 Å². The van der Waals surface area contributed by atoms with E-state index in [9.17, 15) is 5.11 Å². The second-order valence-electron chi connectivity index (χ2n) is 15.2. The van der Waals surface area contributed by atoms with Crippen LogP contribution < -0.4 is 23.7 Å². The molecule has 53 heavy (non-hydrogen) atoms. The summed E-state index contributed by atoms with van der Waals surface area (Å²) in [7, 11) is 9.54. The molecule has 6 bridgehead atoms. The fourth-order valence-electron chi connectivity index (χ4n) is 9.07. The van der Waals surface area contributed by atoms with Crippen molar-refractivity contribution in [3.05, 3.63) is 99.1 Å². The number of hydrogen-bond acceptors (Lipinski definition) is 9. The Labute approximate surface area is 314 Å². The molecule has 5 heterocycles. The van der Waals surface area contributed by atoms with E-state index in [4.69, 9.17) is 23.7 Å². The molecular weight excluding hydrogens is 666 g/mol. The van der Waals surface area contributed by atoms with Crippen molar-refractivity contribution in [2.75, 3.05) is 61.6 Å². The Morgan fingerprint density at radius 2 is 1.43 bits per heavy atom. The standard InChI is InChI=1S/C44H53N3O6/c1-45-19-15-30-24-31(27-48)39-25-34(30)36(45)21-28-9-12-32(13-10-28)52-40-23-29(11-14-38(40)49-3)22-37-41-33(16-20-46(37)2)35(26-47-17-7-6-8-18-47)42(50-4)44(51-5)43(41)53-39/h9-14,23-25,36-37,48H,6-8,15-22,26-27H2,1-5H3/t36-,37-/m0/s1. The number of aliphatic hydroxyl groups excluding tert-OH is 1. The van der Waals surface area contributed by atoms with Gasteiger partial charge in [0.05, 0.1) is 27.9 Å². The van der Waals surface area contributed by atoms with E-state index < -0.39 is 0 Å². The molecule has 9 heteroatoms. The highest BCUT2D eigenvalue weighted by Gasteiger charge is 2.37. The first-order chi connectivity index (χ1) is 25.9. The highest BCUT2D eigenvalue weighted by Crippen LogP contribution is 2.53. The number of likely N-dealkylation sites (N-methyl/N-ethyl adjacent to an activating group) is 2. The van der Waals surface area contributed by atoms with Crippen molar-refractivity contribution < 1.29 is 28.8 Å². The molecule has 1 N–H and O–H groups in total. The maximum atomic E-state index is 10.8. The summed E-state index contributed by atoms with van der Waals surface area (Å²) in [4.78, 5) is 7.41. The van der Waals surface area contributed by atoms with Crippen LogP contribution in [0.1, 0.15) is 75.9 Å². The number of methoxy groups -OCH3 is 3. The molecule has 0 saturated carbocycles. The third-order valence-corrected chi connectivity index (χ3v) is 12.0. The van der Waals surface area contributed by atoms with E-state index in [-0.39, 0.29) is 18.7 Å². The molecule has 0 spiro atoms. The number of rotatable bonds is 6. The van der Waals surface area contributed by atoms with Crippen molar-refractivity contribution in [3.8, 4) is 40.2 Å². The number of nitrogens with zero attached hydrogens (tertiary/aromatic N) is 3. The molecule has 0 aliphatic carbocycles. The van der Waals surface area contributed by atoms with Crippen LogP contribution in [0.15, 0.2) is 54.6 Å². The molecule has 0 aromatic heterocycles. The van der Waals surface area contributed by atoms with Gasteiger partial charge in [-0.25, -0.2) is 0 Å². The van der Waals surface area contributed by atoms with E-state index in [0.29, 0.717) is 35.2 Å². The lowest BCUT2D eigenvalue weighted by atomic mass is 9.84. The first-order valence-corrected chi connectivity index (χ1v) is 19.2. The van der Waals surface area contributed by atoms with Gasteiger partial charge in [0.25, 0.3) is 0 Å². The van der Waals surface area contributed by atoms with Crippen LogP contribution in [0.5, 0.6) is 40.2 Å². The van der Waals surface area contributed by atoms with Gasteiger partial charge in [-0.2, -0.15) is 0 Å². The molecule has 4 aromatic carbocycles. The smallest absolute Gasteiger partial charge is 0.204 e. The molecule has 9 nitrogen and oxygen atoms in total. The Morgan fingerprint density at radius 3 is 2.17 bits per heavy atom.